The number of hydrogen-bond acceptors (Lipinski definition) is 5. The lowest BCUT2D eigenvalue weighted by Gasteiger charge is -2.02. The largest absolute Gasteiger partial charge is 0.407 e. The maximum absolute atomic E-state index is 5.51. The van der Waals surface area contributed by atoms with Gasteiger partial charge < -0.3 is 14.5 Å². The smallest absolute Gasteiger partial charge is 0.315 e. The predicted octanol–water partition coefficient (Wildman–Crippen LogP) is 2.04. The van der Waals surface area contributed by atoms with E-state index >= 15 is 0 Å². The second kappa shape index (κ2) is 7.48. The van der Waals surface area contributed by atoms with Gasteiger partial charge in [-0.15, -0.1) is 16.7 Å². The zero-order chi connectivity index (χ0) is 10.9. The highest BCUT2D eigenvalue weighted by molar-refractivity contribution is 6.16. The van der Waals surface area contributed by atoms with Crippen LogP contribution in [-0.2, 0) is 10.6 Å². The van der Waals surface area contributed by atoms with Crippen LogP contribution in [0.3, 0.4) is 0 Å². The Balaban J connectivity index is 2.04. The predicted molar refractivity (Wildman–Crippen MR) is 58.1 cm³/mol. The van der Waals surface area contributed by atoms with Crippen LogP contribution >= 0.6 is 11.6 Å². The molecule has 0 saturated heterocycles. The number of hydrogen-bond donors (Lipinski definition) is 1. The second-order valence-corrected chi connectivity index (χ2v) is 3.29. The van der Waals surface area contributed by atoms with Gasteiger partial charge in [0.25, 0.3) is 0 Å². The summed E-state index contributed by atoms with van der Waals surface area (Å²) in [6.07, 6.45) is 2.24. The zero-order valence-corrected chi connectivity index (χ0v) is 9.59. The molecular weight excluding hydrogens is 218 g/mol. The Morgan fingerprint density at radius 1 is 1.40 bits per heavy atom. The lowest BCUT2D eigenvalue weighted by atomic mass is 10.4. The van der Waals surface area contributed by atoms with E-state index in [1.54, 1.807) is 0 Å². The quantitative estimate of drug-likeness (QED) is 0.550. The molecule has 0 aliphatic carbocycles. The van der Waals surface area contributed by atoms with Crippen LogP contribution < -0.4 is 5.32 Å². The van der Waals surface area contributed by atoms with E-state index in [1.165, 1.54) is 0 Å². The number of alkyl halides is 1. The second-order valence-electron chi connectivity index (χ2n) is 3.03. The van der Waals surface area contributed by atoms with Crippen molar-refractivity contribution in [2.24, 2.45) is 0 Å². The standard InChI is InChI=1S/C9H16ClN3O2/c1-2-3-5-14-6-4-11-9-13-12-8(7-10)15-9/h2-7H2,1H3,(H,11,13). The Morgan fingerprint density at radius 3 is 2.93 bits per heavy atom. The van der Waals surface area contributed by atoms with Gasteiger partial charge in [0.15, 0.2) is 0 Å². The van der Waals surface area contributed by atoms with E-state index in [9.17, 15) is 0 Å². The summed E-state index contributed by atoms with van der Waals surface area (Å²) in [5.74, 6) is 0.660. The number of unbranched alkanes of at least 4 members (excludes halogenated alkanes) is 1. The molecule has 0 bridgehead atoms. The van der Waals surface area contributed by atoms with Gasteiger partial charge in [-0.1, -0.05) is 18.4 Å². The number of halogens is 1. The monoisotopic (exact) mass is 233 g/mol. The van der Waals surface area contributed by atoms with E-state index in [2.05, 4.69) is 22.4 Å². The molecule has 1 N–H and O–H groups in total. The van der Waals surface area contributed by atoms with Crippen LogP contribution in [0.1, 0.15) is 25.7 Å². The van der Waals surface area contributed by atoms with Crippen molar-refractivity contribution in [2.75, 3.05) is 25.1 Å². The van der Waals surface area contributed by atoms with E-state index in [1.807, 2.05) is 0 Å². The lowest BCUT2D eigenvalue weighted by molar-refractivity contribution is 0.140. The topological polar surface area (TPSA) is 60.2 Å². The molecule has 15 heavy (non-hydrogen) atoms. The Kier molecular flexibility index (Phi) is 6.11. The van der Waals surface area contributed by atoms with Crippen molar-refractivity contribution in [3.63, 3.8) is 0 Å². The Morgan fingerprint density at radius 2 is 2.27 bits per heavy atom. The summed E-state index contributed by atoms with van der Waals surface area (Å²) >= 11 is 5.51. The van der Waals surface area contributed by atoms with Gasteiger partial charge in [-0.3, -0.25) is 0 Å². The van der Waals surface area contributed by atoms with Crippen molar-refractivity contribution in [2.45, 2.75) is 25.6 Å². The van der Waals surface area contributed by atoms with Crippen molar-refractivity contribution in [1.29, 1.82) is 0 Å². The number of ether oxygens (including phenoxy) is 1. The third-order valence-electron chi connectivity index (χ3n) is 1.75. The van der Waals surface area contributed by atoms with Crippen molar-refractivity contribution in [3.8, 4) is 0 Å². The fourth-order valence-electron chi connectivity index (χ4n) is 0.958. The number of nitrogens with one attached hydrogen (secondary N) is 1. The third-order valence-corrected chi connectivity index (χ3v) is 1.97. The van der Waals surface area contributed by atoms with Gasteiger partial charge in [-0.25, -0.2) is 0 Å². The van der Waals surface area contributed by atoms with Crippen LogP contribution in [0.15, 0.2) is 4.42 Å². The molecule has 0 saturated carbocycles. The molecule has 1 aromatic rings. The van der Waals surface area contributed by atoms with E-state index < -0.39 is 0 Å². The molecule has 0 unspecified atom stereocenters. The van der Waals surface area contributed by atoms with Gasteiger partial charge in [0.1, 0.15) is 5.88 Å². The van der Waals surface area contributed by atoms with E-state index in [-0.39, 0.29) is 5.88 Å². The van der Waals surface area contributed by atoms with Gasteiger partial charge in [0.2, 0.25) is 5.89 Å². The van der Waals surface area contributed by atoms with Crippen LogP contribution in [0.2, 0.25) is 0 Å². The maximum Gasteiger partial charge on any atom is 0.315 e. The van der Waals surface area contributed by atoms with Crippen LogP contribution in [0.25, 0.3) is 0 Å². The van der Waals surface area contributed by atoms with Crippen LogP contribution in [0, 0.1) is 0 Å². The summed E-state index contributed by atoms with van der Waals surface area (Å²) in [4.78, 5) is 0. The van der Waals surface area contributed by atoms with E-state index in [0.29, 0.717) is 25.1 Å². The zero-order valence-electron chi connectivity index (χ0n) is 8.83. The minimum atomic E-state index is 0.238. The summed E-state index contributed by atoms with van der Waals surface area (Å²) in [6, 6.07) is 0.393. The van der Waals surface area contributed by atoms with Crippen LogP contribution in [0.4, 0.5) is 6.01 Å². The molecule has 0 aliphatic heterocycles. The summed E-state index contributed by atoms with van der Waals surface area (Å²) in [5, 5.41) is 10.4. The minimum Gasteiger partial charge on any atom is -0.407 e. The molecule has 0 spiro atoms. The molecule has 0 radical (unpaired) electrons. The highest BCUT2D eigenvalue weighted by Gasteiger charge is 2.02. The van der Waals surface area contributed by atoms with Crippen molar-refractivity contribution in [1.82, 2.24) is 10.2 Å². The first-order valence-electron chi connectivity index (χ1n) is 5.06. The summed E-state index contributed by atoms with van der Waals surface area (Å²) in [6.45, 7) is 4.23. The Labute approximate surface area is 94.2 Å². The van der Waals surface area contributed by atoms with Gasteiger partial charge >= 0.3 is 6.01 Å². The molecule has 5 nitrogen and oxygen atoms in total. The fraction of sp³-hybridized carbons (Fsp3) is 0.778. The SMILES string of the molecule is CCCCOCCNc1nnc(CCl)o1. The highest BCUT2D eigenvalue weighted by atomic mass is 35.5. The van der Waals surface area contributed by atoms with Crippen molar-refractivity contribution >= 4 is 17.6 Å². The first-order valence-corrected chi connectivity index (χ1v) is 5.60. The van der Waals surface area contributed by atoms with Gasteiger partial charge in [-0.2, -0.15) is 0 Å². The summed E-state index contributed by atoms with van der Waals surface area (Å²) in [7, 11) is 0. The Hall–Kier alpha value is -0.810. The number of anilines is 1. The normalized spacial score (nSPS) is 10.5. The molecule has 1 rings (SSSR count). The minimum absolute atomic E-state index is 0.238. The van der Waals surface area contributed by atoms with Crippen molar-refractivity contribution < 1.29 is 9.15 Å². The van der Waals surface area contributed by atoms with E-state index in [0.717, 1.165) is 19.4 Å². The van der Waals surface area contributed by atoms with Gasteiger partial charge in [-0.05, 0) is 6.42 Å². The molecule has 86 valence electrons. The fourth-order valence-corrected chi connectivity index (χ4v) is 1.07. The van der Waals surface area contributed by atoms with Gasteiger partial charge in [0.05, 0.1) is 6.61 Å². The lowest BCUT2D eigenvalue weighted by Crippen LogP contribution is -2.10. The molecular formula is C9H16ClN3O2. The summed E-state index contributed by atoms with van der Waals surface area (Å²) < 4.78 is 10.5. The number of aromatic nitrogens is 2. The number of nitrogens with zero attached hydrogens (tertiary/aromatic N) is 2. The average molecular weight is 234 g/mol. The molecule has 0 aromatic carbocycles. The van der Waals surface area contributed by atoms with Gasteiger partial charge in [0, 0.05) is 13.2 Å². The molecule has 6 heteroatoms. The third kappa shape index (κ3) is 4.99. The number of rotatable bonds is 8. The summed E-state index contributed by atoms with van der Waals surface area (Å²) in [5.41, 5.74) is 0. The molecule has 0 aliphatic rings. The Bertz CT molecular complexity index is 268. The van der Waals surface area contributed by atoms with Crippen molar-refractivity contribution in [3.05, 3.63) is 5.89 Å². The van der Waals surface area contributed by atoms with Crippen LogP contribution in [0.5, 0.6) is 0 Å². The first kappa shape index (κ1) is 12.3. The first-order chi connectivity index (χ1) is 7.36. The molecule has 0 fully saturated rings. The van der Waals surface area contributed by atoms with E-state index in [4.69, 9.17) is 20.8 Å². The molecule has 0 atom stereocenters. The average Bonchev–Trinajstić information content (AvgIpc) is 2.71. The maximum atomic E-state index is 5.51. The molecule has 1 aromatic heterocycles. The van der Waals surface area contributed by atoms with Crippen LogP contribution in [-0.4, -0.2) is 30.0 Å². The molecule has 1 heterocycles. The highest BCUT2D eigenvalue weighted by Crippen LogP contribution is 2.06. The molecule has 0 amide bonds.